The number of carbonyl (C=O) groups excluding carboxylic acids is 2. The summed E-state index contributed by atoms with van der Waals surface area (Å²) in [6.07, 6.45) is 5.39. The van der Waals surface area contributed by atoms with Crippen LogP contribution >= 0.6 is 0 Å². The van der Waals surface area contributed by atoms with Crippen molar-refractivity contribution in [2.45, 2.75) is 25.7 Å². The molecular formula is C17H21N3O3. The topological polar surface area (TPSA) is 85.5 Å². The number of rotatable bonds is 8. The first-order chi connectivity index (χ1) is 11.2. The predicted octanol–water partition coefficient (Wildman–Crippen LogP) is 2.46. The van der Waals surface area contributed by atoms with Gasteiger partial charge in [-0.3, -0.25) is 9.78 Å². The third kappa shape index (κ3) is 5.03. The van der Waals surface area contributed by atoms with Crippen molar-refractivity contribution in [3.8, 4) is 0 Å². The van der Waals surface area contributed by atoms with Crippen LogP contribution < -0.4 is 5.84 Å². The van der Waals surface area contributed by atoms with Crippen molar-refractivity contribution in [1.82, 2.24) is 9.99 Å². The molecule has 0 fully saturated rings. The predicted molar refractivity (Wildman–Crippen MR) is 87.6 cm³/mol. The number of carbonyl (C=O) groups is 2. The number of pyridine rings is 1. The Morgan fingerprint density at radius 1 is 1.22 bits per heavy atom. The molecule has 2 rings (SSSR count). The third-order valence-electron chi connectivity index (χ3n) is 3.59. The van der Waals surface area contributed by atoms with E-state index in [1.165, 1.54) is 10.9 Å². The second kappa shape index (κ2) is 8.85. The van der Waals surface area contributed by atoms with Crippen molar-refractivity contribution in [2.75, 3.05) is 13.2 Å². The fourth-order valence-corrected chi connectivity index (χ4v) is 2.43. The monoisotopic (exact) mass is 315 g/mol. The fraction of sp³-hybridized carbons (Fsp3) is 0.353. The summed E-state index contributed by atoms with van der Waals surface area (Å²) in [6, 6.07) is 10.1. The van der Waals surface area contributed by atoms with Crippen LogP contribution in [0.2, 0.25) is 0 Å². The van der Waals surface area contributed by atoms with Crippen LogP contribution in [0.4, 0.5) is 4.79 Å². The number of benzene rings is 1. The van der Waals surface area contributed by atoms with E-state index < -0.39 is 6.09 Å². The molecule has 0 aliphatic rings. The Bertz CT molecular complexity index is 655. The summed E-state index contributed by atoms with van der Waals surface area (Å²) < 4.78 is 4.61. The molecular weight excluding hydrogens is 294 g/mol. The number of para-hydroxylation sites is 1. The van der Waals surface area contributed by atoms with E-state index in [9.17, 15) is 9.59 Å². The van der Waals surface area contributed by atoms with Gasteiger partial charge in [-0.2, -0.15) is 0 Å². The van der Waals surface area contributed by atoms with Crippen LogP contribution in [-0.4, -0.2) is 35.5 Å². The normalized spacial score (nSPS) is 10.5. The maximum absolute atomic E-state index is 11.3. The van der Waals surface area contributed by atoms with Gasteiger partial charge in [0.15, 0.2) is 6.29 Å². The highest BCUT2D eigenvalue weighted by atomic mass is 16.6. The maximum atomic E-state index is 11.3. The zero-order valence-corrected chi connectivity index (χ0v) is 13.0. The number of aldehydes is 1. The molecule has 0 bridgehead atoms. The van der Waals surface area contributed by atoms with Crippen LogP contribution in [0.15, 0.2) is 36.5 Å². The molecule has 1 aromatic carbocycles. The summed E-state index contributed by atoms with van der Waals surface area (Å²) >= 11 is 0. The van der Waals surface area contributed by atoms with Gasteiger partial charge >= 0.3 is 6.09 Å². The lowest BCUT2D eigenvalue weighted by atomic mass is 10.0. The lowest BCUT2D eigenvalue weighted by Crippen LogP contribution is -2.38. The summed E-state index contributed by atoms with van der Waals surface area (Å²) in [5.74, 6) is 5.56. The Balaban J connectivity index is 1.73. The third-order valence-corrected chi connectivity index (χ3v) is 3.59. The largest absolute Gasteiger partial charge is 0.441 e. The molecule has 6 heteroatoms. The van der Waals surface area contributed by atoms with E-state index in [-0.39, 0.29) is 6.61 Å². The van der Waals surface area contributed by atoms with E-state index in [2.05, 4.69) is 15.8 Å². The first-order valence-corrected chi connectivity index (χ1v) is 7.67. The SMILES string of the molecule is NN(CCCCCc1ccnc2ccccc12)C(=O)OCC=O. The van der Waals surface area contributed by atoms with E-state index in [0.29, 0.717) is 12.8 Å². The van der Waals surface area contributed by atoms with E-state index >= 15 is 0 Å². The second-order valence-corrected chi connectivity index (χ2v) is 5.23. The average Bonchev–Trinajstić information content (AvgIpc) is 2.59. The first-order valence-electron chi connectivity index (χ1n) is 7.67. The van der Waals surface area contributed by atoms with Crippen molar-refractivity contribution >= 4 is 23.3 Å². The molecule has 6 nitrogen and oxygen atoms in total. The van der Waals surface area contributed by atoms with E-state index in [0.717, 1.165) is 36.2 Å². The van der Waals surface area contributed by atoms with Crippen molar-refractivity contribution in [3.05, 3.63) is 42.1 Å². The summed E-state index contributed by atoms with van der Waals surface area (Å²) in [6.45, 7) is 0.149. The summed E-state index contributed by atoms with van der Waals surface area (Å²) in [5.41, 5.74) is 2.29. The van der Waals surface area contributed by atoms with Crippen LogP contribution in [0, 0.1) is 0 Å². The number of aryl methyl sites for hydroxylation is 1. The number of aromatic nitrogens is 1. The van der Waals surface area contributed by atoms with Gasteiger partial charge in [0.2, 0.25) is 0 Å². The van der Waals surface area contributed by atoms with Gasteiger partial charge in [0.1, 0.15) is 6.61 Å². The van der Waals surface area contributed by atoms with Crippen molar-refractivity contribution in [3.63, 3.8) is 0 Å². The minimum Gasteiger partial charge on any atom is -0.441 e. The molecule has 2 N–H and O–H groups in total. The zero-order valence-electron chi connectivity index (χ0n) is 13.0. The van der Waals surface area contributed by atoms with E-state index in [1.54, 1.807) is 0 Å². The van der Waals surface area contributed by atoms with Gasteiger partial charge in [-0.1, -0.05) is 24.6 Å². The number of hydrazine groups is 1. The van der Waals surface area contributed by atoms with Crippen molar-refractivity contribution in [2.24, 2.45) is 5.84 Å². The number of nitrogens with zero attached hydrogens (tertiary/aromatic N) is 2. The molecule has 0 aliphatic heterocycles. The molecule has 0 saturated carbocycles. The molecule has 1 amide bonds. The molecule has 0 spiro atoms. The van der Waals surface area contributed by atoms with Crippen molar-refractivity contribution in [1.29, 1.82) is 0 Å². The molecule has 2 aromatic rings. The second-order valence-electron chi connectivity index (χ2n) is 5.23. The maximum Gasteiger partial charge on any atom is 0.424 e. The molecule has 0 saturated heterocycles. The van der Waals surface area contributed by atoms with Crippen LogP contribution in [0.1, 0.15) is 24.8 Å². The molecule has 0 radical (unpaired) electrons. The Kier molecular flexibility index (Phi) is 6.50. The standard InChI is InChI=1S/C17H21N3O3/c18-20(17(22)23-13-12-21)11-5-1-2-6-14-9-10-19-16-8-4-3-7-15(14)16/h3-4,7-10,12H,1-2,5-6,11,13,18H2. The smallest absolute Gasteiger partial charge is 0.424 e. The van der Waals surface area contributed by atoms with Gasteiger partial charge in [-0.25, -0.2) is 15.6 Å². The van der Waals surface area contributed by atoms with Gasteiger partial charge in [0, 0.05) is 18.1 Å². The molecule has 0 atom stereocenters. The van der Waals surface area contributed by atoms with Crippen LogP contribution in [0.5, 0.6) is 0 Å². The van der Waals surface area contributed by atoms with Gasteiger partial charge in [-0.05, 0) is 37.0 Å². The Morgan fingerprint density at radius 3 is 2.87 bits per heavy atom. The first kappa shape index (κ1) is 16.9. The minimum atomic E-state index is -0.669. The number of fused-ring (bicyclic) bond motifs is 1. The molecule has 122 valence electrons. The number of hydrogen-bond acceptors (Lipinski definition) is 5. The average molecular weight is 315 g/mol. The number of ether oxygens (including phenoxy) is 1. The van der Waals surface area contributed by atoms with Gasteiger partial charge in [0.25, 0.3) is 0 Å². The van der Waals surface area contributed by atoms with E-state index in [1.807, 2.05) is 30.5 Å². The molecule has 0 aliphatic carbocycles. The summed E-state index contributed by atoms with van der Waals surface area (Å²) in [4.78, 5) is 25.8. The molecule has 1 aromatic heterocycles. The molecule has 23 heavy (non-hydrogen) atoms. The summed E-state index contributed by atoms with van der Waals surface area (Å²) in [5, 5.41) is 2.19. The van der Waals surface area contributed by atoms with Gasteiger partial charge in [-0.15, -0.1) is 0 Å². The number of nitrogens with two attached hydrogens (primary N) is 1. The molecule has 1 heterocycles. The molecule has 0 unspecified atom stereocenters. The Hall–Kier alpha value is -2.47. The Morgan fingerprint density at radius 2 is 2.04 bits per heavy atom. The lowest BCUT2D eigenvalue weighted by molar-refractivity contribution is -0.110. The number of unbranched alkanes of at least 4 members (excludes halogenated alkanes) is 2. The van der Waals surface area contributed by atoms with Crippen LogP contribution in [0.3, 0.4) is 0 Å². The van der Waals surface area contributed by atoms with Crippen LogP contribution in [-0.2, 0) is 16.0 Å². The van der Waals surface area contributed by atoms with Crippen LogP contribution in [0.25, 0.3) is 10.9 Å². The fourth-order valence-electron chi connectivity index (χ4n) is 2.43. The van der Waals surface area contributed by atoms with Gasteiger partial charge < -0.3 is 4.74 Å². The van der Waals surface area contributed by atoms with Crippen molar-refractivity contribution < 1.29 is 14.3 Å². The number of hydrogen-bond donors (Lipinski definition) is 1. The zero-order chi connectivity index (χ0) is 16.5. The number of amides is 1. The quantitative estimate of drug-likeness (QED) is 0.266. The Labute approximate surface area is 135 Å². The lowest BCUT2D eigenvalue weighted by Gasteiger charge is -2.15. The highest BCUT2D eigenvalue weighted by Crippen LogP contribution is 2.18. The highest BCUT2D eigenvalue weighted by Gasteiger charge is 2.09. The van der Waals surface area contributed by atoms with E-state index in [4.69, 9.17) is 5.84 Å². The minimum absolute atomic E-state index is 0.262. The summed E-state index contributed by atoms with van der Waals surface area (Å²) in [7, 11) is 0. The van der Waals surface area contributed by atoms with Gasteiger partial charge in [0.05, 0.1) is 5.52 Å². The highest BCUT2D eigenvalue weighted by molar-refractivity contribution is 5.81.